The Morgan fingerprint density at radius 3 is 2.20 bits per heavy atom. The molecule has 0 radical (unpaired) electrons. The molecule has 25 heavy (non-hydrogen) atoms. The predicted molar refractivity (Wildman–Crippen MR) is 93.2 cm³/mol. The van der Waals surface area contributed by atoms with Gasteiger partial charge in [0.05, 0.1) is 5.56 Å². The SMILES string of the molecule is Cc1ccc(C(=O)O/N=C(\N)c2ccc(OCC(N)=O)cc2)cc1C. The second kappa shape index (κ2) is 7.96. The van der Waals surface area contributed by atoms with Gasteiger partial charge in [-0.1, -0.05) is 11.2 Å². The van der Waals surface area contributed by atoms with Crippen LogP contribution in [0, 0.1) is 13.8 Å². The molecule has 0 unspecified atom stereocenters. The van der Waals surface area contributed by atoms with Crippen molar-refractivity contribution in [2.45, 2.75) is 13.8 Å². The molecule has 2 aromatic carbocycles. The fraction of sp³-hybridized carbons (Fsp3) is 0.167. The highest BCUT2D eigenvalue weighted by molar-refractivity contribution is 5.98. The number of amidine groups is 1. The number of nitrogens with zero attached hydrogens (tertiary/aromatic N) is 1. The quantitative estimate of drug-likeness (QED) is 0.358. The van der Waals surface area contributed by atoms with E-state index in [1.165, 1.54) is 0 Å². The van der Waals surface area contributed by atoms with Crippen LogP contribution in [-0.4, -0.2) is 24.3 Å². The summed E-state index contributed by atoms with van der Waals surface area (Å²) in [7, 11) is 0. The van der Waals surface area contributed by atoms with E-state index in [0.29, 0.717) is 16.9 Å². The Morgan fingerprint density at radius 2 is 1.60 bits per heavy atom. The van der Waals surface area contributed by atoms with Crippen LogP contribution < -0.4 is 16.2 Å². The largest absolute Gasteiger partial charge is 0.484 e. The van der Waals surface area contributed by atoms with Gasteiger partial charge in [-0.15, -0.1) is 0 Å². The molecule has 0 spiro atoms. The number of primary amides is 1. The van der Waals surface area contributed by atoms with Gasteiger partial charge in [0.2, 0.25) is 0 Å². The summed E-state index contributed by atoms with van der Waals surface area (Å²) < 4.78 is 5.14. The topological polar surface area (TPSA) is 117 Å². The van der Waals surface area contributed by atoms with Crippen LogP contribution >= 0.6 is 0 Å². The third kappa shape index (κ3) is 5.07. The van der Waals surface area contributed by atoms with Crippen molar-refractivity contribution < 1.29 is 19.2 Å². The number of benzene rings is 2. The van der Waals surface area contributed by atoms with Crippen LogP contribution in [-0.2, 0) is 9.63 Å². The zero-order valence-corrected chi connectivity index (χ0v) is 14.0. The summed E-state index contributed by atoms with van der Waals surface area (Å²) in [5, 5.41) is 3.66. The number of ether oxygens (including phenoxy) is 1. The molecule has 0 aliphatic heterocycles. The minimum absolute atomic E-state index is 0.0404. The van der Waals surface area contributed by atoms with Gasteiger partial charge >= 0.3 is 5.97 Å². The summed E-state index contributed by atoms with van der Waals surface area (Å²) in [6.07, 6.45) is 0. The van der Waals surface area contributed by atoms with Gasteiger partial charge in [0.15, 0.2) is 12.4 Å². The molecule has 130 valence electrons. The van der Waals surface area contributed by atoms with E-state index >= 15 is 0 Å². The van der Waals surface area contributed by atoms with E-state index in [9.17, 15) is 9.59 Å². The number of hydrogen-bond donors (Lipinski definition) is 2. The smallest absolute Gasteiger partial charge is 0.365 e. The molecular weight excluding hydrogens is 322 g/mol. The molecule has 0 saturated heterocycles. The number of oxime groups is 1. The zero-order chi connectivity index (χ0) is 18.4. The van der Waals surface area contributed by atoms with Crippen molar-refractivity contribution in [3.8, 4) is 5.75 Å². The highest BCUT2D eigenvalue weighted by Gasteiger charge is 2.09. The van der Waals surface area contributed by atoms with Crippen LogP contribution in [0.25, 0.3) is 0 Å². The molecule has 0 bridgehead atoms. The Labute approximate surface area is 145 Å². The second-order valence-corrected chi connectivity index (χ2v) is 5.43. The van der Waals surface area contributed by atoms with Crippen molar-refractivity contribution in [2.75, 3.05) is 6.61 Å². The van der Waals surface area contributed by atoms with Crippen molar-refractivity contribution in [2.24, 2.45) is 16.6 Å². The summed E-state index contributed by atoms with van der Waals surface area (Å²) >= 11 is 0. The summed E-state index contributed by atoms with van der Waals surface area (Å²) in [5.41, 5.74) is 13.8. The molecule has 0 aromatic heterocycles. The molecule has 0 saturated carbocycles. The summed E-state index contributed by atoms with van der Waals surface area (Å²) in [5.74, 6) is -0.656. The average molecular weight is 341 g/mol. The van der Waals surface area contributed by atoms with Crippen LogP contribution in [0.4, 0.5) is 0 Å². The maximum Gasteiger partial charge on any atom is 0.365 e. The first-order valence-corrected chi connectivity index (χ1v) is 7.50. The lowest BCUT2D eigenvalue weighted by Gasteiger charge is -2.05. The second-order valence-electron chi connectivity index (χ2n) is 5.43. The summed E-state index contributed by atoms with van der Waals surface area (Å²) in [6, 6.07) is 11.7. The highest BCUT2D eigenvalue weighted by atomic mass is 16.7. The van der Waals surface area contributed by atoms with E-state index in [2.05, 4.69) is 5.16 Å². The first-order valence-electron chi connectivity index (χ1n) is 7.50. The third-order valence-corrected chi connectivity index (χ3v) is 3.50. The zero-order valence-electron chi connectivity index (χ0n) is 14.0. The number of aryl methyl sites for hydroxylation is 2. The Hall–Kier alpha value is -3.35. The highest BCUT2D eigenvalue weighted by Crippen LogP contribution is 2.13. The molecule has 0 fully saturated rings. The van der Waals surface area contributed by atoms with Crippen molar-refractivity contribution in [1.29, 1.82) is 0 Å². The first kappa shape index (κ1) is 18.0. The predicted octanol–water partition coefficient (Wildman–Crippen LogP) is 1.64. The molecule has 0 aliphatic rings. The van der Waals surface area contributed by atoms with Crippen LogP contribution in [0.5, 0.6) is 5.75 Å². The van der Waals surface area contributed by atoms with E-state index in [1.807, 2.05) is 19.9 Å². The van der Waals surface area contributed by atoms with Gasteiger partial charge in [-0.05, 0) is 61.4 Å². The third-order valence-electron chi connectivity index (χ3n) is 3.50. The minimum Gasteiger partial charge on any atom is -0.484 e. The Bertz CT molecular complexity index is 814. The van der Waals surface area contributed by atoms with Crippen LogP contribution in [0.2, 0.25) is 0 Å². The van der Waals surface area contributed by atoms with Gasteiger partial charge < -0.3 is 21.0 Å². The van der Waals surface area contributed by atoms with E-state index in [0.717, 1.165) is 11.1 Å². The molecule has 2 aromatic rings. The van der Waals surface area contributed by atoms with Gasteiger partial charge in [0.1, 0.15) is 5.75 Å². The van der Waals surface area contributed by atoms with Gasteiger partial charge in [-0.25, -0.2) is 4.79 Å². The van der Waals surface area contributed by atoms with Crippen molar-refractivity contribution in [1.82, 2.24) is 0 Å². The maximum atomic E-state index is 12.0. The van der Waals surface area contributed by atoms with E-state index in [4.69, 9.17) is 21.0 Å². The fourth-order valence-corrected chi connectivity index (χ4v) is 1.94. The van der Waals surface area contributed by atoms with Crippen LogP contribution in [0.1, 0.15) is 27.0 Å². The molecule has 4 N–H and O–H groups in total. The number of amides is 1. The number of rotatable bonds is 6. The van der Waals surface area contributed by atoms with E-state index in [1.54, 1.807) is 36.4 Å². The molecule has 0 atom stereocenters. The molecule has 0 heterocycles. The number of carbonyl (C=O) groups excluding carboxylic acids is 2. The van der Waals surface area contributed by atoms with Crippen molar-refractivity contribution >= 4 is 17.7 Å². The minimum atomic E-state index is -0.590. The van der Waals surface area contributed by atoms with E-state index in [-0.39, 0.29) is 12.4 Å². The van der Waals surface area contributed by atoms with Gasteiger partial charge in [-0.2, -0.15) is 0 Å². The first-order chi connectivity index (χ1) is 11.9. The van der Waals surface area contributed by atoms with Crippen molar-refractivity contribution in [3.63, 3.8) is 0 Å². The number of carbonyl (C=O) groups is 2. The lowest BCUT2D eigenvalue weighted by atomic mass is 10.1. The van der Waals surface area contributed by atoms with E-state index < -0.39 is 11.9 Å². The number of nitrogens with two attached hydrogens (primary N) is 2. The summed E-state index contributed by atoms with van der Waals surface area (Å²) in [4.78, 5) is 27.5. The lowest BCUT2D eigenvalue weighted by molar-refractivity contribution is -0.119. The molecule has 2 rings (SSSR count). The molecule has 7 heteroatoms. The van der Waals surface area contributed by atoms with Crippen LogP contribution in [0.15, 0.2) is 47.6 Å². The monoisotopic (exact) mass is 341 g/mol. The maximum absolute atomic E-state index is 12.0. The fourth-order valence-electron chi connectivity index (χ4n) is 1.94. The van der Waals surface area contributed by atoms with Gasteiger partial charge in [0, 0.05) is 5.56 Å². The standard InChI is InChI=1S/C18H19N3O4/c1-11-3-4-14(9-12(11)2)18(23)25-21-17(20)13-5-7-15(8-6-13)24-10-16(19)22/h3-9H,10H2,1-2H3,(H2,19,22)(H2,20,21). The van der Waals surface area contributed by atoms with Crippen LogP contribution in [0.3, 0.4) is 0 Å². The van der Waals surface area contributed by atoms with Gasteiger partial charge in [0.25, 0.3) is 5.91 Å². The molecule has 1 amide bonds. The molecular formula is C18H19N3O4. The van der Waals surface area contributed by atoms with Crippen molar-refractivity contribution in [3.05, 3.63) is 64.7 Å². The number of hydrogen-bond acceptors (Lipinski definition) is 5. The molecule has 7 nitrogen and oxygen atoms in total. The van der Waals surface area contributed by atoms with Gasteiger partial charge in [-0.3, -0.25) is 4.79 Å². The lowest BCUT2D eigenvalue weighted by Crippen LogP contribution is -2.20. The Kier molecular flexibility index (Phi) is 5.73. The average Bonchev–Trinajstić information content (AvgIpc) is 2.60. The summed E-state index contributed by atoms with van der Waals surface area (Å²) in [6.45, 7) is 3.65. The Balaban J connectivity index is 2.01. The Morgan fingerprint density at radius 1 is 0.960 bits per heavy atom. The normalized spacial score (nSPS) is 11.0. The molecule has 0 aliphatic carbocycles.